The molecule has 2 heterocycles. The Morgan fingerprint density at radius 2 is 2.21 bits per heavy atom. The number of rotatable bonds is 4. The summed E-state index contributed by atoms with van der Waals surface area (Å²) in [5, 5.41) is 0. The van der Waals surface area contributed by atoms with Gasteiger partial charge in [-0.15, -0.1) is 0 Å². The van der Waals surface area contributed by atoms with Crippen molar-refractivity contribution in [2.45, 2.75) is 17.7 Å². The first-order valence-electron chi connectivity index (χ1n) is 5.33. The Morgan fingerprint density at radius 3 is 2.74 bits per heavy atom. The molecule has 19 heavy (non-hydrogen) atoms. The third-order valence-electron chi connectivity index (χ3n) is 2.74. The lowest BCUT2D eigenvalue weighted by Gasteiger charge is -2.12. The lowest BCUT2D eigenvalue weighted by atomic mass is 10.0. The first kappa shape index (κ1) is 14.8. The van der Waals surface area contributed by atoms with Gasteiger partial charge < -0.3 is 0 Å². The van der Waals surface area contributed by atoms with E-state index in [1.165, 1.54) is 21.4 Å². The zero-order chi connectivity index (χ0) is 14.0. The van der Waals surface area contributed by atoms with Crippen LogP contribution in [0.25, 0.3) is 0 Å². The van der Waals surface area contributed by atoms with Gasteiger partial charge in [0.15, 0.2) is 0 Å². The molecule has 2 aromatic heterocycles. The summed E-state index contributed by atoms with van der Waals surface area (Å²) in [4.78, 5) is 4.16. The smallest absolute Gasteiger partial charge is 0.285 e. The van der Waals surface area contributed by atoms with E-state index in [1.54, 1.807) is 10.2 Å². The van der Waals surface area contributed by atoms with Crippen LogP contribution in [0.4, 0.5) is 0 Å². The lowest BCUT2D eigenvalue weighted by Crippen LogP contribution is -2.02. The van der Waals surface area contributed by atoms with Crippen LogP contribution in [-0.2, 0) is 10.1 Å². The van der Waals surface area contributed by atoms with Crippen LogP contribution < -0.4 is 0 Å². The summed E-state index contributed by atoms with van der Waals surface area (Å²) >= 11 is 2.06. The van der Waals surface area contributed by atoms with Crippen LogP contribution in [0.3, 0.4) is 0 Å². The molecule has 0 aliphatic heterocycles. The number of aromatic nitrogens is 2. The molecule has 0 bridgehead atoms. The van der Waals surface area contributed by atoms with E-state index in [1.807, 2.05) is 25.1 Å². The molecular formula is C11H11IN2O3S2. The van der Waals surface area contributed by atoms with Gasteiger partial charge in [0.05, 0.1) is 0 Å². The Bertz CT molecular complexity index is 671. The van der Waals surface area contributed by atoms with Gasteiger partial charge in [0.2, 0.25) is 0 Å². The Labute approximate surface area is 127 Å². The average Bonchev–Trinajstić information content (AvgIpc) is 2.83. The number of pyridine rings is 1. The van der Waals surface area contributed by atoms with E-state index in [4.69, 9.17) is 4.55 Å². The summed E-state index contributed by atoms with van der Waals surface area (Å²) in [7, 11) is -2.85. The minimum atomic E-state index is -4.19. The van der Waals surface area contributed by atoms with Gasteiger partial charge in [-0.05, 0) is 18.2 Å². The largest absolute Gasteiger partial charge is 0.296 e. The summed E-state index contributed by atoms with van der Waals surface area (Å²) in [5.74, 6) is -0.0704. The second-order valence-corrected chi connectivity index (χ2v) is 7.08. The van der Waals surface area contributed by atoms with Crippen LogP contribution in [0.5, 0.6) is 0 Å². The number of nitrogens with zero attached hydrogens (tertiary/aromatic N) is 2. The third kappa shape index (κ3) is 3.30. The molecular weight excluding hydrogens is 399 g/mol. The fourth-order valence-corrected chi connectivity index (χ4v) is 3.78. The van der Waals surface area contributed by atoms with E-state index in [2.05, 4.69) is 26.2 Å². The first-order chi connectivity index (χ1) is 8.93. The first-order valence-corrected chi connectivity index (χ1v) is 10.1. The van der Waals surface area contributed by atoms with E-state index in [0.717, 1.165) is 11.4 Å². The van der Waals surface area contributed by atoms with Crippen molar-refractivity contribution in [3.8, 4) is 0 Å². The molecule has 2 aromatic rings. The predicted molar refractivity (Wildman–Crippen MR) is 83.0 cm³/mol. The molecule has 1 unspecified atom stereocenters. The SMILES string of the molecule is CC(c1ccccn1)c1cc(S(=O)(=O)O)cn1SI. The fourth-order valence-electron chi connectivity index (χ4n) is 1.74. The molecule has 5 nitrogen and oxygen atoms in total. The van der Waals surface area contributed by atoms with Crippen molar-refractivity contribution >= 4 is 40.4 Å². The zero-order valence-electron chi connectivity index (χ0n) is 9.89. The maximum Gasteiger partial charge on any atom is 0.296 e. The Hall–Kier alpha value is -0.580. The van der Waals surface area contributed by atoms with Crippen LogP contribution in [0, 0.1) is 0 Å². The highest BCUT2D eigenvalue weighted by Crippen LogP contribution is 2.31. The van der Waals surface area contributed by atoms with E-state index in [9.17, 15) is 8.42 Å². The summed E-state index contributed by atoms with van der Waals surface area (Å²) < 4.78 is 33.2. The van der Waals surface area contributed by atoms with Gasteiger partial charge in [-0.3, -0.25) is 13.5 Å². The van der Waals surface area contributed by atoms with Crippen molar-refractivity contribution in [2.75, 3.05) is 0 Å². The molecule has 0 aliphatic rings. The second kappa shape index (κ2) is 5.81. The minimum Gasteiger partial charge on any atom is -0.285 e. The van der Waals surface area contributed by atoms with Crippen LogP contribution in [0.15, 0.2) is 41.6 Å². The average molecular weight is 410 g/mol. The van der Waals surface area contributed by atoms with Gasteiger partial charge in [-0.25, -0.2) is 0 Å². The molecule has 0 fully saturated rings. The highest BCUT2D eigenvalue weighted by molar-refractivity contribution is 14.2. The minimum absolute atomic E-state index is 0.0704. The molecule has 0 spiro atoms. The molecule has 0 aromatic carbocycles. The number of hydrogen-bond donors (Lipinski definition) is 1. The monoisotopic (exact) mass is 410 g/mol. The normalized spacial score (nSPS) is 13.4. The number of halogens is 1. The highest BCUT2D eigenvalue weighted by Gasteiger charge is 2.20. The molecule has 0 aliphatic carbocycles. The Balaban J connectivity index is 2.48. The van der Waals surface area contributed by atoms with Crippen molar-refractivity contribution in [2.24, 2.45) is 0 Å². The van der Waals surface area contributed by atoms with E-state index < -0.39 is 10.1 Å². The molecule has 102 valence electrons. The van der Waals surface area contributed by atoms with Crippen LogP contribution in [0.2, 0.25) is 0 Å². The van der Waals surface area contributed by atoms with Crippen molar-refractivity contribution in [3.05, 3.63) is 48.0 Å². The summed E-state index contributed by atoms with van der Waals surface area (Å²) in [6.07, 6.45) is 3.10. The zero-order valence-corrected chi connectivity index (χ0v) is 13.7. The molecule has 2 rings (SSSR count). The number of hydrogen-bond acceptors (Lipinski definition) is 4. The summed E-state index contributed by atoms with van der Waals surface area (Å²) in [6.45, 7) is 1.94. The van der Waals surface area contributed by atoms with Gasteiger partial charge in [-0.1, -0.05) is 13.0 Å². The topological polar surface area (TPSA) is 72.2 Å². The summed E-state index contributed by atoms with van der Waals surface area (Å²) in [6, 6.07) is 7.06. The Morgan fingerprint density at radius 1 is 1.47 bits per heavy atom. The lowest BCUT2D eigenvalue weighted by molar-refractivity contribution is 0.483. The van der Waals surface area contributed by atoms with E-state index >= 15 is 0 Å². The van der Waals surface area contributed by atoms with Crippen molar-refractivity contribution in [3.63, 3.8) is 0 Å². The predicted octanol–water partition coefficient (Wildman–Crippen LogP) is 3.13. The summed E-state index contributed by atoms with van der Waals surface area (Å²) in [5.41, 5.74) is 1.61. The molecule has 0 amide bonds. The van der Waals surface area contributed by atoms with Gasteiger partial charge in [0.25, 0.3) is 10.1 Å². The molecule has 8 heteroatoms. The standard InChI is InChI=1S/C11H11IN2O3S2/c1-8(10-4-2-3-5-13-10)11-6-9(19(15,16)17)7-14(11)18-12/h2-8H,1H3,(H,15,16,17). The van der Waals surface area contributed by atoms with Gasteiger partial charge >= 0.3 is 0 Å². The molecule has 1 atom stereocenters. The molecule has 1 N–H and O–H groups in total. The van der Waals surface area contributed by atoms with Gasteiger partial charge in [0, 0.05) is 60.0 Å². The van der Waals surface area contributed by atoms with Crippen LogP contribution >= 0.6 is 30.3 Å². The Kier molecular flexibility index (Phi) is 4.54. The maximum absolute atomic E-state index is 11.2. The third-order valence-corrected chi connectivity index (χ3v) is 5.29. The quantitative estimate of drug-likeness (QED) is 0.620. The van der Waals surface area contributed by atoms with Gasteiger partial charge in [-0.2, -0.15) is 8.42 Å². The van der Waals surface area contributed by atoms with Crippen molar-refractivity contribution in [1.82, 2.24) is 8.96 Å². The molecule has 0 radical (unpaired) electrons. The van der Waals surface area contributed by atoms with Crippen molar-refractivity contribution in [1.29, 1.82) is 0 Å². The van der Waals surface area contributed by atoms with E-state index in [-0.39, 0.29) is 10.8 Å². The van der Waals surface area contributed by atoms with Crippen LogP contribution in [-0.4, -0.2) is 21.9 Å². The van der Waals surface area contributed by atoms with Crippen molar-refractivity contribution < 1.29 is 13.0 Å². The van der Waals surface area contributed by atoms with Gasteiger partial charge in [0.1, 0.15) is 4.90 Å². The highest BCUT2D eigenvalue weighted by atomic mass is 127. The molecule has 0 saturated heterocycles. The maximum atomic E-state index is 11.2. The fraction of sp³-hybridized carbons (Fsp3) is 0.182. The molecule has 0 saturated carbocycles. The van der Waals surface area contributed by atoms with E-state index in [0.29, 0.717) is 0 Å². The van der Waals surface area contributed by atoms with Crippen LogP contribution in [0.1, 0.15) is 24.2 Å². The second-order valence-electron chi connectivity index (χ2n) is 3.95.